The number of aromatic nitrogens is 2. The van der Waals surface area contributed by atoms with Crippen LogP contribution in [0.1, 0.15) is 46.2 Å². The van der Waals surface area contributed by atoms with E-state index in [1.807, 2.05) is 61.9 Å². The Morgan fingerprint density at radius 1 is 1.08 bits per heavy atom. The molecule has 0 radical (unpaired) electrons. The maximum Gasteiger partial charge on any atom is 0.144 e. The molecule has 0 aliphatic heterocycles. The SMILES string of the molecule is CC(C)n1nc(-c2ccccc2C=N[S@@](=O)C(C)(C)C)c2ccccc21. The van der Waals surface area contributed by atoms with E-state index in [4.69, 9.17) is 5.10 Å². The Hall–Kier alpha value is -2.27. The van der Waals surface area contributed by atoms with Gasteiger partial charge in [0.25, 0.3) is 0 Å². The molecule has 0 aliphatic carbocycles. The van der Waals surface area contributed by atoms with Crippen LogP contribution in [0.4, 0.5) is 0 Å². The molecule has 0 N–H and O–H groups in total. The molecule has 0 unspecified atom stereocenters. The van der Waals surface area contributed by atoms with Gasteiger partial charge in [-0.15, -0.1) is 0 Å². The molecule has 2 aromatic carbocycles. The van der Waals surface area contributed by atoms with Crippen molar-refractivity contribution in [2.24, 2.45) is 4.40 Å². The topological polar surface area (TPSA) is 47.2 Å². The number of hydrogen-bond donors (Lipinski definition) is 0. The van der Waals surface area contributed by atoms with Crippen molar-refractivity contribution < 1.29 is 4.21 Å². The zero-order valence-electron chi connectivity index (χ0n) is 15.9. The predicted molar refractivity (Wildman–Crippen MR) is 111 cm³/mol. The molecular weight excluding hydrogens is 342 g/mol. The molecule has 136 valence electrons. The Morgan fingerprint density at radius 3 is 2.42 bits per heavy atom. The Balaban J connectivity index is 2.14. The van der Waals surface area contributed by atoms with Crippen molar-refractivity contribution in [1.29, 1.82) is 0 Å². The van der Waals surface area contributed by atoms with E-state index in [2.05, 4.69) is 30.4 Å². The Labute approximate surface area is 157 Å². The second-order valence-electron chi connectivity index (χ2n) is 7.59. The van der Waals surface area contributed by atoms with E-state index >= 15 is 0 Å². The second kappa shape index (κ2) is 7.16. The summed E-state index contributed by atoms with van der Waals surface area (Å²) in [6.45, 7) is 10.0. The van der Waals surface area contributed by atoms with Gasteiger partial charge in [-0.3, -0.25) is 4.68 Å². The normalized spacial score (nSPS) is 13.8. The van der Waals surface area contributed by atoms with Gasteiger partial charge in [-0.25, -0.2) is 4.21 Å². The summed E-state index contributed by atoms with van der Waals surface area (Å²) in [4.78, 5) is 0. The molecule has 0 saturated carbocycles. The van der Waals surface area contributed by atoms with Gasteiger partial charge in [-0.2, -0.15) is 9.50 Å². The summed E-state index contributed by atoms with van der Waals surface area (Å²) in [7, 11) is -1.29. The summed E-state index contributed by atoms with van der Waals surface area (Å²) in [5.41, 5.74) is 3.96. The van der Waals surface area contributed by atoms with Crippen LogP contribution in [0.25, 0.3) is 22.2 Å². The van der Waals surface area contributed by atoms with Gasteiger partial charge < -0.3 is 0 Å². The van der Waals surface area contributed by atoms with Gasteiger partial charge >= 0.3 is 0 Å². The molecule has 5 heteroatoms. The molecule has 0 bridgehead atoms. The largest absolute Gasteiger partial charge is 0.262 e. The van der Waals surface area contributed by atoms with E-state index in [0.717, 1.165) is 27.7 Å². The van der Waals surface area contributed by atoms with Gasteiger partial charge in [-0.05, 0) is 40.7 Å². The molecule has 0 fully saturated rings. The van der Waals surface area contributed by atoms with Gasteiger partial charge in [0, 0.05) is 28.8 Å². The number of nitrogens with zero attached hydrogens (tertiary/aromatic N) is 3. The summed E-state index contributed by atoms with van der Waals surface area (Å²) in [5.74, 6) is 0. The van der Waals surface area contributed by atoms with Gasteiger partial charge in [0.2, 0.25) is 0 Å². The van der Waals surface area contributed by atoms with Crippen LogP contribution < -0.4 is 0 Å². The van der Waals surface area contributed by atoms with Gasteiger partial charge in [0.05, 0.1) is 10.3 Å². The third-order valence-corrected chi connectivity index (χ3v) is 5.47. The zero-order chi connectivity index (χ0) is 18.9. The smallest absolute Gasteiger partial charge is 0.144 e. The summed E-state index contributed by atoms with van der Waals surface area (Å²) in [6.07, 6.45) is 1.71. The van der Waals surface area contributed by atoms with Gasteiger partial charge in [0.15, 0.2) is 0 Å². The maximum absolute atomic E-state index is 12.3. The van der Waals surface area contributed by atoms with Crippen molar-refractivity contribution >= 4 is 28.1 Å². The average Bonchev–Trinajstić information content (AvgIpc) is 2.99. The molecule has 0 amide bonds. The van der Waals surface area contributed by atoms with E-state index in [0.29, 0.717) is 0 Å². The van der Waals surface area contributed by atoms with Crippen LogP contribution in [-0.4, -0.2) is 25.0 Å². The molecule has 0 saturated heterocycles. The third-order valence-electron chi connectivity index (χ3n) is 4.13. The fourth-order valence-corrected chi connectivity index (χ4v) is 3.30. The van der Waals surface area contributed by atoms with Gasteiger partial charge in [0.1, 0.15) is 16.7 Å². The highest BCUT2D eigenvalue weighted by molar-refractivity contribution is 7.85. The van der Waals surface area contributed by atoms with Crippen LogP contribution >= 0.6 is 0 Å². The van der Waals surface area contributed by atoms with Crippen molar-refractivity contribution in [2.75, 3.05) is 0 Å². The highest BCUT2D eigenvalue weighted by Gasteiger charge is 2.19. The van der Waals surface area contributed by atoms with Crippen molar-refractivity contribution in [3.8, 4) is 11.3 Å². The Morgan fingerprint density at radius 2 is 1.73 bits per heavy atom. The van der Waals surface area contributed by atoms with E-state index in [1.165, 1.54) is 0 Å². The summed E-state index contributed by atoms with van der Waals surface area (Å²) < 4.78 is 18.2. The lowest BCUT2D eigenvalue weighted by Crippen LogP contribution is -2.19. The van der Waals surface area contributed by atoms with E-state index in [1.54, 1.807) is 6.21 Å². The third kappa shape index (κ3) is 3.63. The highest BCUT2D eigenvalue weighted by Crippen LogP contribution is 2.31. The van der Waals surface area contributed by atoms with Crippen molar-refractivity contribution in [3.05, 3.63) is 54.1 Å². The first-order valence-electron chi connectivity index (χ1n) is 8.82. The minimum Gasteiger partial charge on any atom is -0.262 e. The quantitative estimate of drug-likeness (QED) is 0.598. The first-order valence-corrected chi connectivity index (χ1v) is 9.92. The average molecular weight is 368 g/mol. The lowest BCUT2D eigenvalue weighted by molar-refractivity contribution is 0.552. The number of rotatable bonds is 4. The van der Waals surface area contributed by atoms with E-state index < -0.39 is 11.0 Å². The molecule has 1 aromatic heterocycles. The molecule has 0 spiro atoms. The molecular formula is C21H25N3OS. The van der Waals surface area contributed by atoms with Crippen molar-refractivity contribution in [2.45, 2.75) is 45.4 Å². The first kappa shape index (κ1) is 18.5. The standard InChI is InChI=1S/C21H25N3OS/c1-15(2)24-19-13-9-8-12-18(19)20(23-24)17-11-7-6-10-16(17)14-22-26(25)21(3,4)5/h6-15H,1-5H3/t26-/m0/s1. The minimum absolute atomic E-state index is 0.267. The lowest BCUT2D eigenvalue weighted by Gasteiger charge is -2.13. The van der Waals surface area contributed by atoms with Crippen molar-refractivity contribution in [1.82, 2.24) is 9.78 Å². The first-order chi connectivity index (χ1) is 12.3. The van der Waals surface area contributed by atoms with Crippen molar-refractivity contribution in [3.63, 3.8) is 0 Å². The minimum atomic E-state index is -1.29. The molecule has 3 rings (SSSR count). The number of hydrogen-bond acceptors (Lipinski definition) is 2. The van der Waals surface area contributed by atoms with Crippen LogP contribution in [0.2, 0.25) is 0 Å². The molecule has 1 heterocycles. The fourth-order valence-electron chi connectivity index (χ4n) is 2.77. The molecule has 0 aliphatic rings. The summed E-state index contributed by atoms with van der Waals surface area (Å²) >= 11 is 0. The van der Waals surface area contributed by atoms with Crippen LogP contribution in [0.5, 0.6) is 0 Å². The zero-order valence-corrected chi connectivity index (χ0v) is 16.7. The van der Waals surface area contributed by atoms with Crippen LogP contribution in [0.3, 0.4) is 0 Å². The molecule has 1 atom stereocenters. The molecule has 26 heavy (non-hydrogen) atoms. The number of benzene rings is 2. The maximum atomic E-state index is 12.3. The van der Waals surface area contributed by atoms with Crippen LogP contribution in [-0.2, 0) is 11.0 Å². The number of fused-ring (bicyclic) bond motifs is 1. The number of para-hydroxylation sites is 1. The van der Waals surface area contributed by atoms with E-state index in [-0.39, 0.29) is 10.8 Å². The lowest BCUT2D eigenvalue weighted by atomic mass is 10.0. The van der Waals surface area contributed by atoms with Crippen LogP contribution in [0, 0.1) is 0 Å². The summed E-state index contributed by atoms with van der Waals surface area (Å²) in [5, 5.41) is 5.98. The van der Waals surface area contributed by atoms with E-state index in [9.17, 15) is 4.21 Å². The summed E-state index contributed by atoms with van der Waals surface area (Å²) in [6, 6.07) is 16.5. The van der Waals surface area contributed by atoms with Crippen LogP contribution in [0.15, 0.2) is 52.9 Å². The highest BCUT2D eigenvalue weighted by atomic mass is 32.2. The second-order valence-corrected chi connectivity index (χ2v) is 9.52. The molecule has 3 aromatic rings. The molecule has 4 nitrogen and oxygen atoms in total. The Bertz CT molecular complexity index is 980. The monoisotopic (exact) mass is 367 g/mol. The fraction of sp³-hybridized carbons (Fsp3) is 0.333. The predicted octanol–water partition coefficient (Wildman–Crippen LogP) is 5.17. The van der Waals surface area contributed by atoms with Gasteiger partial charge in [-0.1, -0.05) is 42.5 Å². The Kier molecular flexibility index (Phi) is 5.10.